The quantitative estimate of drug-likeness (QED) is 0.156. The summed E-state index contributed by atoms with van der Waals surface area (Å²) in [4.78, 5) is 0.0608. The van der Waals surface area contributed by atoms with E-state index in [-0.39, 0.29) is 4.87 Å². The molecule has 0 bridgehead atoms. The standard InChI is InChI=1S/C24H49Cl/c1-5-9-10-11-12-13-14-15-16-17-18-19-20-21-22-23(6-2)24(25,7-3)8-4/h23H,5-22H2,1-4H3. The highest BCUT2D eigenvalue weighted by Gasteiger charge is 2.31. The summed E-state index contributed by atoms with van der Waals surface area (Å²) < 4.78 is 0. The van der Waals surface area contributed by atoms with E-state index in [4.69, 9.17) is 11.6 Å². The first kappa shape index (κ1) is 25.3. The van der Waals surface area contributed by atoms with Gasteiger partial charge < -0.3 is 0 Å². The molecule has 0 saturated carbocycles. The molecule has 0 aromatic carbocycles. The molecule has 0 aliphatic carbocycles. The Morgan fingerprint density at radius 1 is 0.560 bits per heavy atom. The molecule has 1 heteroatoms. The molecule has 0 aliphatic heterocycles. The smallest absolute Gasteiger partial charge is 0.0469 e. The van der Waals surface area contributed by atoms with E-state index in [0.29, 0.717) is 5.92 Å². The average molecular weight is 373 g/mol. The highest BCUT2D eigenvalue weighted by molar-refractivity contribution is 6.24. The Balaban J connectivity index is 3.41. The molecule has 0 fully saturated rings. The van der Waals surface area contributed by atoms with Crippen LogP contribution in [0.2, 0.25) is 0 Å². The molecule has 0 saturated heterocycles. The Bertz CT molecular complexity index is 257. The topological polar surface area (TPSA) is 0 Å². The third-order valence-corrected chi connectivity index (χ3v) is 7.15. The lowest BCUT2D eigenvalue weighted by molar-refractivity contribution is 0.306. The maximum atomic E-state index is 6.83. The molecule has 0 nitrogen and oxygen atoms in total. The van der Waals surface area contributed by atoms with Gasteiger partial charge in [0.25, 0.3) is 0 Å². The van der Waals surface area contributed by atoms with Crippen molar-refractivity contribution in [1.29, 1.82) is 0 Å². The Kier molecular flexibility index (Phi) is 17.9. The largest absolute Gasteiger partial charge is 0.119 e. The fraction of sp³-hybridized carbons (Fsp3) is 1.00. The Labute approximate surface area is 165 Å². The van der Waals surface area contributed by atoms with Crippen LogP contribution in [0.5, 0.6) is 0 Å². The second-order valence-electron chi connectivity index (χ2n) is 8.23. The van der Waals surface area contributed by atoms with E-state index >= 15 is 0 Å². The second kappa shape index (κ2) is 17.7. The monoisotopic (exact) mass is 372 g/mol. The van der Waals surface area contributed by atoms with Crippen LogP contribution in [0.15, 0.2) is 0 Å². The fourth-order valence-electron chi connectivity index (χ4n) is 4.24. The lowest BCUT2D eigenvalue weighted by atomic mass is 9.81. The molecule has 152 valence electrons. The summed E-state index contributed by atoms with van der Waals surface area (Å²) in [6.45, 7) is 9.12. The van der Waals surface area contributed by atoms with Crippen molar-refractivity contribution in [2.24, 2.45) is 5.92 Å². The van der Waals surface area contributed by atoms with Crippen LogP contribution in [-0.4, -0.2) is 4.87 Å². The van der Waals surface area contributed by atoms with E-state index < -0.39 is 0 Å². The van der Waals surface area contributed by atoms with Gasteiger partial charge in [-0.25, -0.2) is 0 Å². The van der Waals surface area contributed by atoms with Crippen LogP contribution in [-0.2, 0) is 0 Å². The molecule has 1 unspecified atom stereocenters. The van der Waals surface area contributed by atoms with Gasteiger partial charge >= 0.3 is 0 Å². The summed E-state index contributed by atoms with van der Waals surface area (Å²) in [5.41, 5.74) is 0. The van der Waals surface area contributed by atoms with Crippen LogP contribution in [0.3, 0.4) is 0 Å². The van der Waals surface area contributed by atoms with Crippen molar-refractivity contribution < 1.29 is 0 Å². The van der Waals surface area contributed by atoms with Gasteiger partial charge in [-0.1, -0.05) is 124 Å². The van der Waals surface area contributed by atoms with Crippen molar-refractivity contribution in [2.45, 2.75) is 148 Å². The lowest BCUT2D eigenvalue weighted by Gasteiger charge is -2.33. The Hall–Kier alpha value is 0.290. The molecule has 1 atom stereocenters. The molecule has 25 heavy (non-hydrogen) atoms. The van der Waals surface area contributed by atoms with E-state index in [0.717, 1.165) is 12.8 Å². The first-order chi connectivity index (χ1) is 12.1. The van der Waals surface area contributed by atoms with Crippen molar-refractivity contribution in [1.82, 2.24) is 0 Å². The van der Waals surface area contributed by atoms with Crippen molar-refractivity contribution in [2.75, 3.05) is 0 Å². The molecule has 0 heterocycles. The summed E-state index contributed by atoms with van der Waals surface area (Å²) in [7, 11) is 0. The minimum atomic E-state index is 0.0608. The minimum Gasteiger partial charge on any atom is -0.119 e. The summed E-state index contributed by atoms with van der Waals surface area (Å²) in [5, 5.41) is 0. The van der Waals surface area contributed by atoms with Gasteiger partial charge in [-0.3, -0.25) is 0 Å². The van der Waals surface area contributed by atoms with Gasteiger partial charge in [-0.15, -0.1) is 11.6 Å². The molecule has 0 aromatic rings. The van der Waals surface area contributed by atoms with E-state index in [9.17, 15) is 0 Å². The zero-order chi connectivity index (χ0) is 18.8. The molecule has 0 spiro atoms. The molecule has 0 amide bonds. The minimum absolute atomic E-state index is 0.0608. The molecule has 0 aliphatic rings. The average Bonchev–Trinajstić information content (AvgIpc) is 2.64. The third kappa shape index (κ3) is 13.2. The number of unbranched alkanes of at least 4 members (excludes halogenated alkanes) is 13. The number of rotatable bonds is 19. The van der Waals surface area contributed by atoms with Gasteiger partial charge in [0.1, 0.15) is 0 Å². The van der Waals surface area contributed by atoms with Gasteiger partial charge in [0.15, 0.2) is 0 Å². The number of hydrogen-bond acceptors (Lipinski definition) is 0. The van der Waals surface area contributed by atoms with Crippen molar-refractivity contribution >= 4 is 11.6 Å². The number of hydrogen-bond donors (Lipinski definition) is 0. The van der Waals surface area contributed by atoms with Crippen molar-refractivity contribution in [3.8, 4) is 0 Å². The second-order valence-corrected chi connectivity index (χ2v) is 8.98. The predicted octanol–water partition coefficient (Wildman–Crippen LogP) is 9.68. The first-order valence-electron chi connectivity index (χ1n) is 11.8. The SMILES string of the molecule is CCCCCCCCCCCCCCCCC(CC)C(Cl)(CC)CC. The normalized spacial score (nSPS) is 13.3. The van der Waals surface area contributed by atoms with Crippen molar-refractivity contribution in [3.05, 3.63) is 0 Å². The summed E-state index contributed by atoms with van der Waals surface area (Å²) in [6.07, 6.45) is 25.0. The zero-order valence-corrected chi connectivity index (χ0v) is 18.9. The summed E-state index contributed by atoms with van der Waals surface area (Å²) >= 11 is 6.83. The van der Waals surface area contributed by atoms with E-state index in [2.05, 4.69) is 27.7 Å². The van der Waals surface area contributed by atoms with E-state index in [1.54, 1.807) is 0 Å². The van der Waals surface area contributed by atoms with Crippen LogP contribution in [0, 0.1) is 5.92 Å². The van der Waals surface area contributed by atoms with E-state index in [1.165, 1.54) is 103 Å². The van der Waals surface area contributed by atoms with Crippen LogP contribution >= 0.6 is 11.6 Å². The molecule has 0 rings (SSSR count). The van der Waals surface area contributed by atoms with Gasteiger partial charge in [-0.05, 0) is 25.2 Å². The molecular formula is C24H49Cl. The van der Waals surface area contributed by atoms with Crippen LogP contribution in [0.1, 0.15) is 143 Å². The molecule has 0 radical (unpaired) electrons. The molecular weight excluding hydrogens is 324 g/mol. The fourth-order valence-corrected chi connectivity index (χ4v) is 4.50. The summed E-state index contributed by atoms with van der Waals surface area (Å²) in [6, 6.07) is 0. The molecule has 0 N–H and O–H groups in total. The van der Waals surface area contributed by atoms with Gasteiger partial charge in [0.05, 0.1) is 0 Å². The van der Waals surface area contributed by atoms with E-state index in [1.807, 2.05) is 0 Å². The predicted molar refractivity (Wildman–Crippen MR) is 118 cm³/mol. The summed E-state index contributed by atoms with van der Waals surface area (Å²) in [5.74, 6) is 0.710. The van der Waals surface area contributed by atoms with Gasteiger partial charge in [0, 0.05) is 4.87 Å². The van der Waals surface area contributed by atoms with Crippen molar-refractivity contribution in [3.63, 3.8) is 0 Å². The highest BCUT2D eigenvalue weighted by Crippen LogP contribution is 2.38. The number of halogens is 1. The zero-order valence-electron chi connectivity index (χ0n) is 18.2. The first-order valence-corrected chi connectivity index (χ1v) is 12.2. The van der Waals surface area contributed by atoms with Crippen LogP contribution < -0.4 is 0 Å². The third-order valence-electron chi connectivity index (χ3n) is 6.31. The van der Waals surface area contributed by atoms with Crippen LogP contribution in [0.25, 0.3) is 0 Å². The maximum Gasteiger partial charge on any atom is 0.0469 e. The Morgan fingerprint density at radius 2 is 0.920 bits per heavy atom. The maximum absolute atomic E-state index is 6.83. The Morgan fingerprint density at radius 3 is 1.24 bits per heavy atom. The number of alkyl halides is 1. The molecule has 0 aromatic heterocycles. The lowest BCUT2D eigenvalue weighted by Crippen LogP contribution is -2.30. The van der Waals surface area contributed by atoms with Gasteiger partial charge in [0.2, 0.25) is 0 Å². The van der Waals surface area contributed by atoms with Gasteiger partial charge in [-0.2, -0.15) is 0 Å². The highest BCUT2D eigenvalue weighted by atomic mass is 35.5. The van der Waals surface area contributed by atoms with Crippen LogP contribution in [0.4, 0.5) is 0 Å².